The molecule has 2 aromatic rings. The molecule has 4 N–H and O–H groups in total. The van der Waals surface area contributed by atoms with Gasteiger partial charge in [-0.05, 0) is 43.2 Å². The van der Waals surface area contributed by atoms with Gasteiger partial charge in [0.25, 0.3) is 0 Å². The molecule has 3 nitrogen and oxygen atoms in total. The minimum absolute atomic E-state index is 0.118. The molecule has 0 saturated carbocycles. The van der Waals surface area contributed by atoms with Crippen LogP contribution in [0.25, 0.3) is 0 Å². The van der Waals surface area contributed by atoms with Crippen LogP contribution in [-0.4, -0.2) is 16.8 Å². The van der Waals surface area contributed by atoms with Crippen LogP contribution in [0.2, 0.25) is 0 Å². The van der Waals surface area contributed by atoms with Gasteiger partial charge in [0.15, 0.2) is 0 Å². The molecule has 1 atom stereocenters. The summed E-state index contributed by atoms with van der Waals surface area (Å²) in [5, 5.41) is 0. The molecule has 1 aromatic carbocycles. The van der Waals surface area contributed by atoms with Crippen molar-refractivity contribution in [2.24, 2.45) is 5.73 Å². The molecule has 4 heteroatoms. The molecule has 0 aliphatic heterocycles. The van der Waals surface area contributed by atoms with Gasteiger partial charge in [0.1, 0.15) is 5.82 Å². The molecule has 1 unspecified atom stereocenters. The largest absolute Gasteiger partial charge is 0.384 e. The van der Waals surface area contributed by atoms with E-state index in [-0.39, 0.29) is 6.04 Å². The Labute approximate surface area is 118 Å². The molecule has 0 spiro atoms. The van der Waals surface area contributed by atoms with E-state index in [1.165, 1.54) is 10.5 Å². The summed E-state index contributed by atoms with van der Waals surface area (Å²) >= 11 is 1.79. The Morgan fingerprint density at radius 2 is 2.11 bits per heavy atom. The molecule has 0 aliphatic carbocycles. The van der Waals surface area contributed by atoms with Crippen molar-refractivity contribution < 1.29 is 0 Å². The van der Waals surface area contributed by atoms with Crippen LogP contribution in [0.3, 0.4) is 0 Å². The average Bonchev–Trinajstić information content (AvgIpc) is 2.36. The van der Waals surface area contributed by atoms with E-state index in [1.807, 2.05) is 12.1 Å². The predicted molar refractivity (Wildman–Crippen MR) is 82.2 cm³/mol. The fourth-order valence-electron chi connectivity index (χ4n) is 1.89. The summed E-state index contributed by atoms with van der Waals surface area (Å²) in [5.41, 5.74) is 14.2. The van der Waals surface area contributed by atoms with E-state index in [0.29, 0.717) is 5.82 Å². The highest BCUT2D eigenvalue weighted by atomic mass is 32.2. The topological polar surface area (TPSA) is 64.9 Å². The van der Waals surface area contributed by atoms with Gasteiger partial charge in [-0.15, -0.1) is 11.8 Å². The van der Waals surface area contributed by atoms with Gasteiger partial charge in [0.05, 0.1) is 0 Å². The van der Waals surface area contributed by atoms with Crippen LogP contribution >= 0.6 is 11.8 Å². The molecule has 0 bridgehead atoms. The van der Waals surface area contributed by atoms with E-state index in [2.05, 4.69) is 36.2 Å². The summed E-state index contributed by atoms with van der Waals surface area (Å²) in [6.07, 6.45) is 2.55. The highest BCUT2D eigenvalue weighted by molar-refractivity contribution is 7.99. The second kappa shape index (κ2) is 6.59. The molecule has 1 aromatic heterocycles. The third-order valence-electron chi connectivity index (χ3n) is 2.80. The highest BCUT2D eigenvalue weighted by Gasteiger charge is 2.06. The standard InChI is InChI=1S/C15H19N3S/c1-11-3-2-4-14(7-11)19-10-13(16)8-12-5-6-18-15(17)9-12/h2-7,9,13H,8,10,16H2,1H3,(H2,17,18). The molecule has 0 fully saturated rings. The normalized spacial score (nSPS) is 12.3. The van der Waals surface area contributed by atoms with E-state index < -0.39 is 0 Å². The number of hydrogen-bond donors (Lipinski definition) is 2. The highest BCUT2D eigenvalue weighted by Crippen LogP contribution is 2.20. The molecular weight excluding hydrogens is 254 g/mol. The minimum atomic E-state index is 0.118. The van der Waals surface area contributed by atoms with Crippen molar-refractivity contribution in [2.75, 3.05) is 11.5 Å². The Morgan fingerprint density at radius 3 is 2.84 bits per heavy atom. The Morgan fingerprint density at radius 1 is 1.26 bits per heavy atom. The second-order valence-corrected chi connectivity index (χ2v) is 5.77. The maximum atomic E-state index is 6.16. The van der Waals surface area contributed by atoms with Crippen molar-refractivity contribution in [3.8, 4) is 0 Å². The van der Waals surface area contributed by atoms with Crippen molar-refractivity contribution in [1.82, 2.24) is 4.98 Å². The molecule has 0 amide bonds. The average molecular weight is 273 g/mol. The Kier molecular flexibility index (Phi) is 4.82. The lowest BCUT2D eigenvalue weighted by Gasteiger charge is -2.11. The number of nitrogens with zero attached hydrogens (tertiary/aromatic N) is 1. The van der Waals surface area contributed by atoms with E-state index in [4.69, 9.17) is 11.5 Å². The number of aromatic nitrogens is 1. The fourth-order valence-corrected chi connectivity index (χ4v) is 2.86. The first-order valence-electron chi connectivity index (χ1n) is 6.29. The number of aryl methyl sites for hydroxylation is 1. The lowest BCUT2D eigenvalue weighted by atomic mass is 10.1. The number of benzene rings is 1. The lowest BCUT2D eigenvalue weighted by Crippen LogP contribution is -2.25. The summed E-state index contributed by atoms with van der Waals surface area (Å²) in [5.74, 6) is 1.45. The van der Waals surface area contributed by atoms with Gasteiger partial charge in [-0.2, -0.15) is 0 Å². The molecule has 100 valence electrons. The monoisotopic (exact) mass is 273 g/mol. The number of nitrogens with two attached hydrogens (primary N) is 2. The number of thioether (sulfide) groups is 1. The van der Waals surface area contributed by atoms with E-state index in [9.17, 15) is 0 Å². The maximum Gasteiger partial charge on any atom is 0.123 e. The maximum absolute atomic E-state index is 6.16. The van der Waals surface area contributed by atoms with Crippen LogP contribution in [0.15, 0.2) is 47.5 Å². The molecular formula is C15H19N3S. The zero-order chi connectivity index (χ0) is 13.7. The van der Waals surface area contributed by atoms with E-state index in [1.54, 1.807) is 18.0 Å². The van der Waals surface area contributed by atoms with Crippen molar-refractivity contribution >= 4 is 17.6 Å². The Balaban J connectivity index is 1.86. The SMILES string of the molecule is Cc1cccc(SCC(N)Cc2ccnc(N)c2)c1. The van der Waals surface area contributed by atoms with E-state index >= 15 is 0 Å². The van der Waals surface area contributed by atoms with Crippen LogP contribution in [-0.2, 0) is 6.42 Å². The summed E-state index contributed by atoms with van der Waals surface area (Å²) < 4.78 is 0. The first kappa shape index (κ1) is 13.9. The molecule has 0 aliphatic rings. The smallest absolute Gasteiger partial charge is 0.123 e. The lowest BCUT2D eigenvalue weighted by molar-refractivity contribution is 0.748. The first-order chi connectivity index (χ1) is 9.13. The summed E-state index contributed by atoms with van der Waals surface area (Å²) in [6, 6.07) is 12.4. The van der Waals surface area contributed by atoms with Gasteiger partial charge < -0.3 is 11.5 Å². The molecule has 0 saturated heterocycles. The van der Waals surface area contributed by atoms with Crippen LogP contribution in [0.4, 0.5) is 5.82 Å². The van der Waals surface area contributed by atoms with Gasteiger partial charge in [0.2, 0.25) is 0 Å². The summed E-state index contributed by atoms with van der Waals surface area (Å²) in [4.78, 5) is 5.25. The molecule has 19 heavy (non-hydrogen) atoms. The van der Waals surface area contributed by atoms with Gasteiger partial charge >= 0.3 is 0 Å². The molecule has 0 radical (unpaired) electrons. The molecule has 2 rings (SSSR count). The number of pyridine rings is 1. The Bertz CT molecular complexity index is 542. The van der Waals surface area contributed by atoms with Crippen LogP contribution in [0.5, 0.6) is 0 Å². The summed E-state index contributed by atoms with van der Waals surface area (Å²) in [7, 11) is 0. The predicted octanol–water partition coefficient (Wildman–Crippen LogP) is 2.63. The fraction of sp³-hybridized carbons (Fsp3) is 0.267. The van der Waals surface area contributed by atoms with Crippen LogP contribution in [0.1, 0.15) is 11.1 Å². The van der Waals surface area contributed by atoms with Crippen molar-refractivity contribution in [3.63, 3.8) is 0 Å². The number of nitrogen functional groups attached to an aromatic ring is 1. The van der Waals surface area contributed by atoms with Gasteiger partial charge in [0, 0.05) is 22.9 Å². The van der Waals surface area contributed by atoms with Crippen LogP contribution in [0, 0.1) is 6.92 Å². The van der Waals surface area contributed by atoms with Gasteiger partial charge in [-0.1, -0.05) is 17.7 Å². The van der Waals surface area contributed by atoms with Crippen molar-refractivity contribution in [3.05, 3.63) is 53.7 Å². The van der Waals surface area contributed by atoms with Gasteiger partial charge in [-0.25, -0.2) is 4.98 Å². The first-order valence-corrected chi connectivity index (χ1v) is 7.27. The second-order valence-electron chi connectivity index (χ2n) is 4.68. The van der Waals surface area contributed by atoms with Crippen molar-refractivity contribution in [2.45, 2.75) is 24.3 Å². The van der Waals surface area contributed by atoms with Crippen LogP contribution < -0.4 is 11.5 Å². The molecule has 1 heterocycles. The van der Waals surface area contributed by atoms with Gasteiger partial charge in [-0.3, -0.25) is 0 Å². The third kappa shape index (κ3) is 4.58. The number of hydrogen-bond acceptors (Lipinski definition) is 4. The quantitative estimate of drug-likeness (QED) is 0.822. The number of rotatable bonds is 5. The van der Waals surface area contributed by atoms with Crippen molar-refractivity contribution in [1.29, 1.82) is 0 Å². The van der Waals surface area contributed by atoms with E-state index in [0.717, 1.165) is 17.7 Å². The third-order valence-corrected chi connectivity index (χ3v) is 3.98. The number of anilines is 1. The zero-order valence-electron chi connectivity index (χ0n) is 11.0. The zero-order valence-corrected chi connectivity index (χ0v) is 11.9. The summed E-state index contributed by atoms with van der Waals surface area (Å²) in [6.45, 7) is 2.10. The Hall–Kier alpha value is -1.52. The minimum Gasteiger partial charge on any atom is -0.384 e.